The Balaban J connectivity index is 1.56. The number of amides is 1. The van der Waals surface area contributed by atoms with Crippen LogP contribution in [0.4, 0.5) is 5.13 Å². The van der Waals surface area contributed by atoms with Crippen molar-refractivity contribution >= 4 is 39.2 Å². The molecule has 0 spiro atoms. The van der Waals surface area contributed by atoms with Crippen LogP contribution in [0.2, 0.25) is 0 Å². The van der Waals surface area contributed by atoms with Crippen LogP contribution in [0, 0.1) is 12.8 Å². The van der Waals surface area contributed by atoms with Crippen molar-refractivity contribution in [3.63, 3.8) is 0 Å². The van der Waals surface area contributed by atoms with Crippen molar-refractivity contribution in [2.75, 3.05) is 25.5 Å². The highest BCUT2D eigenvalue weighted by atomic mass is 32.1. The number of anilines is 1. The van der Waals surface area contributed by atoms with Crippen LogP contribution in [0.3, 0.4) is 0 Å². The first-order valence-electron chi connectivity index (χ1n) is 9.36. The van der Waals surface area contributed by atoms with Gasteiger partial charge in [-0.05, 0) is 26.3 Å². The normalized spacial score (nSPS) is 17.2. The Kier molecular flexibility index (Phi) is 5.59. The monoisotopic (exact) mass is 432 g/mol. The van der Waals surface area contributed by atoms with E-state index in [4.69, 9.17) is 9.26 Å². The summed E-state index contributed by atoms with van der Waals surface area (Å²) in [4.78, 5) is 43.6. The van der Waals surface area contributed by atoms with Gasteiger partial charge in [0.15, 0.2) is 16.3 Å². The highest BCUT2D eigenvalue weighted by molar-refractivity contribution is 7.13. The Labute approximate surface area is 174 Å². The largest absolute Gasteiger partial charge is 0.464 e. The number of carbonyl (C=O) groups excluding carboxylic acids is 2. The molecular formula is C18H20N6O5S. The van der Waals surface area contributed by atoms with Gasteiger partial charge >= 0.3 is 5.97 Å². The maximum atomic E-state index is 12.8. The van der Waals surface area contributed by atoms with Gasteiger partial charge in [0, 0.05) is 18.1 Å². The number of hydrogen-bond donors (Lipinski definition) is 1. The first kappa shape index (κ1) is 20.2. The van der Waals surface area contributed by atoms with Gasteiger partial charge in [-0.25, -0.2) is 14.5 Å². The topological polar surface area (TPSA) is 132 Å². The number of likely N-dealkylation sites (tertiary alicyclic amines) is 1. The van der Waals surface area contributed by atoms with Gasteiger partial charge in [0.2, 0.25) is 5.91 Å². The number of thiazole rings is 1. The number of piperidine rings is 1. The minimum atomic E-state index is -0.681. The van der Waals surface area contributed by atoms with Crippen LogP contribution in [-0.4, -0.2) is 56.9 Å². The van der Waals surface area contributed by atoms with Crippen LogP contribution < -0.4 is 10.9 Å². The van der Waals surface area contributed by atoms with Gasteiger partial charge in [0.25, 0.3) is 5.56 Å². The fraction of sp³-hybridized carbons (Fsp3) is 0.444. The molecule has 1 fully saturated rings. The van der Waals surface area contributed by atoms with Crippen LogP contribution >= 0.6 is 11.3 Å². The van der Waals surface area contributed by atoms with E-state index in [0.29, 0.717) is 24.0 Å². The Hall–Kier alpha value is -3.12. The van der Waals surface area contributed by atoms with E-state index >= 15 is 0 Å². The summed E-state index contributed by atoms with van der Waals surface area (Å²) in [5, 5.41) is 13.4. The van der Waals surface area contributed by atoms with E-state index in [0.717, 1.165) is 17.5 Å². The molecule has 30 heavy (non-hydrogen) atoms. The van der Waals surface area contributed by atoms with Crippen LogP contribution in [0.5, 0.6) is 0 Å². The van der Waals surface area contributed by atoms with Crippen molar-refractivity contribution in [3.8, 4) is 0 Å². The smallest absolute Gasteiger partial charge is 0.359 e. The summed E-state index contributed by atoms with van der Waals surface area (Å²) in [7, 11) is 1.24. The summed E-state index contributed by atoms with van der Waals surface area (Å²) in [6, 6.07) is 0. The molecule has 1 N–H and O–H groups in total. The molecule has 11 nitrogen and oxygen atoms in total. The summed E-state index contributed by atoms with van der Waals surface area (Å²) < 4.78 is 11.1. The van der Waals surface area contributed by atoms with Crippen LogP contribution in [0.25, 0.3) is 10.9 Å². The van der Waals surface area contributed by atoms with Gasteiger partial charge in [0.1, 0.15) is 5.76 Å². The van der Waals surface area contributed by atoms with Crippen molar-refractivity contribution in [2.24, 2.45) is 5.92 Å². The summed E-state index contributed by atoms with van der Waals surface area (Å²) in [6.07, 6.45) is 3.16. The van der Waals surface area contributed by atoms with E-state index < -0.39 is 11.5 Å². The number of rotatable bonds is 5. The molecule has 0 bridgehead atoms. The van der Waals surface area contributed by atoms with Gasteiger partial charge in [0.05, 0.1) is 25.1 Å². The van der Waals surface area contributed by atoms with E-state index in [9.17, 15) is 14.4 Å². The van der Waals surface area contributed by atoms with Crippen LogP contribution in [0.1, 0.15) is 29.1 Å². The molecule has 0 radical (unpaired) electrons. The second-order valence-corrected chi connectivity index (χ2v) is 7.89. The van der Waals surface area contributed by atoms with Gasteiger partial charge in [-0.2, -0.15) is 5.10 Å². The first-order valence-corrected chi connectivity index (χ1v) is 10.2. The molecule has 1 unspecified atom stereocenters. The lowest BCUT2D eigenvalue weighted by molar-refractivity contribution is -0.121. The summed E-state index contributed by atoms with van der Waals surface area (Å²) in [5.41, 5.74) is -0.470. The van der Waals surface area contributed by atoms with E-state index in [2.05, 4.69) is 20.6 Å². The minimum absolute atomic E-state index is 0.0259. The number of nitrogens with one attached hydrogen (secondary N) is 1. The molecule has 0 saturated carbocycles. The van der Waals surface area contributed by atoms with E-state index in [1.807, 2.05) is 4.90 Å². The maximum Gasteiger partial charge on any atom is 0.359 e. The number of carbonyl (C=O) groups is 2. The predicted molar refractivity (Wildman–Crippen MR) is 107 cm³/mol. The van der Waals surface area contributed by atoms with Crippen molar-refractivity contribution in [2.45, 2.75) is 26.4 Å². The summed E-state index contributed by atoms with van der Waals surface area (Å²) >= 11 is 1.36. The second-order valence-electron chi connectivity index (χ2n) is 6.99. The molecule has 1 amide bonds. The summed E-state index contributed by atoms with van der Waals surface area (Å²) in [6.45, 7) is 2.86. The molecule has 3 aromatic heterocycles. The zero-order valence-corrected chi connectivity index (χ0v) is 17.3. The van der Waals surface area contributed by atoms with Crippen molar-refractivity contribution in [3.05, 3.63) is 33.4 Å². The number of fused-ring (bicyclic) bond motifs is 1. The molecule has 12 heteroatoms. The number of hydrogen-bond acceptors (Lipinski definition) is 10. The van der Waals surface area contributed by atoms with Gasteiger partial charge in [-0.1, -0.05) is 5.16 Å². The van der Waals surface area contributed by atoms with E-state index in [-0.39, 0.29) is 35.1 Å². The van der Waals surface area contributed by atoms with Gasteiger partial charge in [-0.3, -0.25) is 14.5 Å². The molecule has 0 aromatic carbocycles. The molecule has 1 aliphatic heterocycles. The van der Waals surface area contributed by atoms with Gasteiger partial charge in [-0.15, -0.1) is 11.3 Å². The third kappa shape index (κ3) is 3.83. The van der Waals surface area contributed by atoms with E-state index in [1.54, 1.807) is 18.5 Å². The predicted octanol–water partition coefficient (Wildman–Crippen LogP) is 1.24. The standard InChI is InChI=1S/C18H20N6O5S/c1-10-12-13(22-29-10)16(26)24(21-14(12)17(27)28-2)9-23-6-3-4-11(8-23)15(25)20-18-19-5-7-30-18/h5,7,11H,3-4,6,8-9H2,1-2H3,(H,19,20,25). The average Bonchev–Trinajstić information content (AvgIpc) is 3.40. The lowest BCUT2D eigenvalue weighted by Crippen LogP contribution is -2.43. The fourth-order valence-corrected chi connectivity index (χ4v) is 4.08. The lowest BCUT2D eigenvalue weighted by Gasteiger charge is -2.31. The highest BCUT2D eigenvalue weighted by Crippen LogP contribution is 2.21. The number of ether oxygens (including phenoxy) is 1. The van der Waals surface area contributed by atoms with Crippen molar-refractivity contribution < 1.29 is 18.8 Å². The third-order valence-electron chi connectivity index (χ3n) is 5.01. The number of esters is 1. The Morgan fingerprint density at radius 1 is 1.43 bits per heavy atom. The lowest BCUT2D eigenvalue weighted by atomic mass is 9.97. The molecule has 1 aliphatic rings. The van der Waals surface area contributed by atoms with Gasteiger partial charge < -0.3 is 14.6 Å². The summed E-state index contributed by atoms with van der Waals surface area (Å²) in [5.74, 6) is -0.706. The Morgan fingerprint density at radius 2 is 2.27 bits per heavy atom. The zero-order chi connectivity index (χ0) is 21.3. The molecule has 3 aromatic rings. The maximum absolute atomic E-state index is 12.8. The average molecular weight is 432 g/mol. The molecule has 4 heterocycles. The van der Waals surface area contributed by atoms with Crippen LogP contribution in [-0.2, 0) is 16.2 Å². The quantitative estimate of drug-likeness (QED) is 0.591. The molecule has 4 rings (SSSR count). The second kappa shape index (κ2) is 8.32. The Bertz CT molecular complexity index is 1140. The minimum Gasteiger partial charge on any atom is -0.464 e. The molecule has 158 valence electrons. The fourth-order valence-electron chi connectivity index (χ4n) is 3.55. The van der Waals surface area contributed by atoms with Crippen LogP contribution in [0.15, 0.2) is 20.9 Å². The van der Waals surface area contributed by atoms with Crippen molar-refractivity contribution in [1.29, 1.82) is 0 Å². The molecule has 0 aliphatic carbocycles. The Morgan fingerprint density at radius 3 is 3.00 bits per heavy atom. The number of nitrogens with zero attached hydrogens (tertiary/aromatic N) is 5. The van der Waals surface area contributed by atoms with E-state index in [1.165, 1.54) is 18.4 Å². The third-order valence-corrected chi connectivity index (χ3v) is 5.70. The van der Waals surface area contributed by atoms with Crippen molar-refractivity contribution in [1.82, 2.24) is 24.8 Å². The highest BCUT2D eigenvalue weighted by Gasteiger charge is 2.28. The molecule has 1 saturated heterocycles. The molecule has 1 atom stereocenters. The number of aryl methyl sites for hydroxylation is 1. The number of methoxy groups -OCH3 is 1. The SMILES string of the molecule is COC(=O)c1nn(CN2CCCC(C(=O)Nc3nccs3)C2)c(=O)c2noc(C)c12. The number of aromatic nitrogens is 4. The first-order chi connectivity index (χ1) is 14.5. The molecular weight excluding hydrogens is 412 g/mol. The zero-order valence-electron chi connectivity index (χ0n) is 16.5.